The highest BCUT2D eigenvalue weighted by atomic mass is 16.2. The largest absolute Gasteiger partial charge is 0.288 e. The molecule has 2 amide bonds. The van der Waals surface area contributed by atoms with Gasteiger partial charge in [-0.15, -0.1) is 10.2 Å². The molecule has 2 heterocycles. The number of rotatable bonds is 5. The zero-order chi connectivity index (χ0) is 20.8. The van der Waals surface area contributed by atoms with Crippen molar-refractivity contribution < 1.29 is 9.59 Å². The van der Waals surface area contributed by atoms with Gasteiger partial charge in [-0.1, -0.05) is 48.5 Å². The van der Waals surface area contributed by atoms with Crippen LogP contribution in [0.25, 0.3) is 11.4 Å². The number of carbonyl (C=O) groups is 2. The minimum absolute atomic E-state index is 0.211. The second kappa shape index (κ2) is 8.74. The number of pyridine rings is 1. The minimum Gasteiger partial charge on any atom is -0.267 e. The lowest BCUT2D eigenvalue weighted by molar-refractivity contribution is 0.0844. The van der Waals surface area contributed by atoms with Gasteiger partial charge in [-0.3, -0.25) is 25.4 Å². The van der Waals surface area contributed by atoms with Crippen LogP contribution in [0.2, 0.25) is 0 Å². The smallest absolute Gasteiger partial charge is 0.267 e. The molecule has 0 bridgehead atoms. The van der Waals surface area contributed by atoms with E-state index in [-0.39, 0.29) is 5.69 Å². The second-order valence-corrected chi connectivity index (χ2v) is 6.33. The van der Waals surface area contributed by atoms with Gasteiger partial charge in [-0.25, -0.2) is 0 Å². The lowest BCUT2D eigenvalue weighted by Crippen LogP contribution is -2.41. The van der Waals surface area contributed by atoms with Gasteiger partial charge in [0, 0.05) is 17.3 Å². The third-order valence-electron chi connectivity index (χ3n) is 4.21. The maximum Gasteiger partial charge on any atom is 0.288 e. The number of hydrogen-bond acceptors (Lipinski definition) is 6. The Morgan fingerprint density at radius 2 is 1.57 bits per heavy atom. The number of nitrogens with zero attached hydrogens (tertiary/aromatic N) is 5. The molecule has 30 heavy (non-hydrogen) atoms. The fourth-order valence-corrected chi connectivity index (χ4v) is 2.68. The number of nitrogens with one attached hydrogen (secondary N) is 2. The van der Waals surface area contributed by atoms with E-state index in [1.165, 1.54) is 11.0 Å². The summed E-state index contributed by atoms with van der Waals surface area (Å²) in [6, 6.07) is 21.4. The van der Waals surface area contributed by atoms with Crippen LogP contribution in [0.15, 0.2) is 79.0 Å². The van der Waals surface area contributed by atoms with E-state index in [0.717, 1.165) is 11.1 Å². The maximum atomic E-state index is 12.2. The predicted molar refractivity (Wildman–Crippen MR) is 108 cm³/mol. The quantitative estimate of drug-likeness (QED) is 0.495. The summed E-state index contributed by atoms with van der Waals surface area (Å²) in [5, 5.41) is 12.5. The van der Waals surface area contributed by atoms with Gasteiger partial charge in [0.15, 0.2) is 0 Å². The molecule has 0 unspecified atom stereocenters. The number of tetrazole rings is 1. The van der Waals surface area contributed by atoms with Gasteiger partial charge in [0.05, 0.1) is 6.54 Å². The monoisotopic (exact) mass is 399 g/mol. The predicted octanol–water partition coefficient (Wildman–Crippen LogP) is 1.86. The van der Waals surface area contributed by atoms with Crippen molar-refractivity contribution in [3.8, 4) is 11.4 Å². The zero-order valence-electron chi connectivity index (χ0n) is 15.8. The molecule has 4 rings (SSSR count). The highest BCUT2D eigenvalue weighted by Gasteiger charge is 2.10. The molecule has 2 N–H and O–H groups in total. The fourth-order valence-electron chi connectivity index (χ4n) is 2.68. The van der Waals surface area contributed by atoms with E-state index in [4.69, 9.17) is 0 Å². The Labute approximate surface area is 171 Å². The molecule has 4 aromatic rings. The topological polar surface area (TPSA) is 115 Å². The molecule has 0 saturated heterocycles. The third-order valence-corrected chi connectivity index (χ3v) is 4.21. The van der Waals surface area contributed by atoms with Gasteiger partial charge in [-0.2, -0.15) is 4.80 Å². The molecule has 0 fully saturated rings. The van der Waals surface area contributed by atoms with Crippen molar-refractivity contribution in [1.29, 1.82) is 0 Å². The fraction of sp³-hybridized carbons (Fsp3) is 0.0476. The first-order valence-electron chi connectivity index (χ1n) is 9.13. The van der Waals surface area contributed by atoms with Crippen LogP contribution >= 0.6 is 0 Å². The first kappa shape index (κ1) is 18.9. The summed E-state index contributed by atoms with van der Waals surface area (Å²) in [5.41, 5.74) is 7.11. The summed E-state index contributed by atoms with van der Waals surface area (Å²) in [5.74, 6) is -0.377. The maximum absolute atomic E-state index is 12.2. The lowest BCUT2D eigenvalue weighted by atomic mass is 10.1. The van der Waals surface area contributed by atoms with Crippen molar-refractivity contribution in [2.45, 2.75) is 6.54 Å². The van der Waals surface area contributed by atoms with Crippen LogP contribution in [0.5, 0.6) is 0 Å². The second-order valence-electron chi connectivity index (χ2n) is 6.33. The summed E-state index contributed by atoms with van der Waals surface area (Å²) in [6.45, 7) is 0.415. The number of carbonyl (C=O) groups excluding carboxylic acids is 2. The number of benzene rings is 2. The Balaban J connectivity index is 1.34. The van der Waals surface area contributed by atoms with E-state index in [0.29, 0.717) is 17.9 Å². The third kappa shape index (κ3) is 4.53. The Bertz CT molecular complexity index is 1140. The first-order chi connectivity index (χ1) is 14.7. The van der Waals surface area contributed by atoms with Crippen LogP contribution in [0.3, 0.4) is 0 Å². The van der Waals surface area contributed by atoms with Crippen molar-refractivity contribution in [2.24, 2.45) is 0 Å². The van der Waals surface area contributed by atoms with E-state index in [9.17, 15) is 9.59 Å². The normalized spacial score (nSPS) is 10.4. The Morgan fingerprint density at radius 1 is 0.833 bits per heavy atom. The van der Waals surface area contributed by atoms with Gasteiger partial charge >= 0.3 is 0 Å². The number of aromatic nitrogens is 5. The van der Waals surface area contributed by atoms with Gasteiger partial charge in [0.25, 0.3) is 11.8 Å². The van der Waals surface area contributed by atoms with Crippen LogP contribution in [-0.2, 0) is 6.54 Å². The SMILES string of the molecule is O=C(NNC(=O)c1ccccn1)c1ccc(Cn2nnc(-c3ccccc3)n2)cc1. The summed E-state index contributed by atoms with van der Waals surface area (Å²) < 4.78 is 0. The molecular formula is C21H17N7O2. The van der Waals surface area contributed by atoms with E-state index >= 15 is 0 Å². The van der Waals surface area contributed by atoms with Crippen molar-refractivity contribution in [1.82, 2.24) is 36.0 Å². The molecular weight excluding hydrogens is 382 g/mol. The van der Waals surface area contributed by atoms with Crippen molar-refractivity contribution in [3.05, 3.63) is 95.8 Å². The van der Waals surface area contributed by atoms with E-state index in [1.807, 2.05) is 30.3 Å². The highest BCUT2D eigenvalue weighted by Crippen LogP contribution is 2.12. The first-order valence-corrected chi connectivity index (χ1v) is 9.13. The average Bonchev–Trinajstić information content (AvgIpc) is 3.27. The summed E-state index contributed by atoms with van der Waals surface area (Å²) in [4.78, 5) is 29.6. The molecule has 2 aromatic heterocycles. The molecule has 2 aromatic carbocycles. The van der Waals surface area contributed by atoms with Gasteiger partial charge in [0.2, 0.25) is 5.82 Å². The van der Waals surface area contributed by atoms with Crippen molar-refractivity contribution >= 4 is 11.8 Å². The van der Waals surface area contributed by atoms with Gasteiger partial charge in [-0.05, 0) is 35.0 Å². The van der Waals surface area contributed by atoms with Gasteiger partial charge < -0.3 is 0 Å². The molecule has 9 heteroatoms. The molecule has 0 spiro atoms. The van der Waals surface area contributed by atoms with Crippen LogP contribution in [0.4, 0.5) is 0 Å². The van der Waals surface area contributed by atoms with Crippen LogP contribution in [0.1, 0.15) is 26.4 Å². The standard InChI is InChI=1S/C21H17N7O2/c29-20(24-25-21(30)18-8-4-5-13-22-18)17-11-9-15(10-12-17)14-28-26-19(23-27-28)16-6-2-1-3-7-16/h1-13H,14H2,(H,24,29)(H,25,30). The van der Waals surface area contributed by atoms with E-state index in [2.05, 4.69) is 31.2 Å². The highest BCUT2D eigenvalue weighted by molar-refractivity contribution is 5.98. The molecule has 0 aliphatic heterocycles. The zero-order valence-corrected chi connectivity index (χ0v) is 15.8. The molecule has 0 atom stereocenters. The van der Waals surface area contributed by atoms with Crippen LogP contribution in [-0.4, -0.2) is 37.0 Å². The molecule has 0 aliphatic carbocycles. The molecule has 0 radical (unpaired) electrons. The van der Waals surface area contributed by atoms with Crippen molar-refractivity contribution in [3.63, 3.8) is 0 Å². The number of hydrogen-bond donors (Lipinski definition) is 2. The number of amides is 2. The van der Waals surface area contributed by atoms with Gasteiger partial charge in [0.1, 0.15) is 5.69 Å². The van der Waals surface area contributed by atoms with Crippen molar-refractivity contribution in [2.75, 3.05) is 0 Å². The van der Waals surface area contributed by atoms with Crippen LogP contribution < -0.4 is 10.9 Å². The van der Waals surface area contributed by atoms with Crippen LogP contribution in [0, 0.1) is 0 Å². The Hall–Kier alpha value is -4.40. The lowest BCUT2D eigenvalue weighted by Gasteiger charge is -2.07. The molecule has 9 nitrogen and oxygen atoms in total. The Morgan fingerprint density at radius 3 is 2.30 bits per heavy atom. The minimum atomic E-state index is -0.493. The molecule has 0 saturated carbocycles. The summed E-state index contributed by atoms with van der Waals surface area (Å²) >= 11 is 0. The van der Waals surface area contributed by atoms with E-state index < -0.39 is 11.8 Å². The Kier molecular flexibility index (Phi) is 5.52. The van der Waals surface area contributed by atoms with E-state index in [1.54, 1.807) is 42.5 Å². The molecule has 148 valence electrons. The number of hydrazine groups is 1. The summed E-state index contributed by atoms with van der Waals surface area (Å²) in [6.07, 6.45) is 1.50. The molecule has 0 aliphatic rings. The summed E-state index contributed by atoms with van der Waals surface area (Å²) in [7, 11) is 0. The average molecular weight is 399 g/mol.